The third-order valence-electron chi connectivity index (χ3n) is 5.31. The quantitative estimate of drug-likeness (QED) is 0.649. The van der Waals surface area contributed by atoms with Gasteiger partial charge in [-0.25, -0.2) is 4.98 Å². The molecular weight excluding hydrogens is 306 g/mol. The van der Waals surface area contributed by atoms with Crippen molar-refractivity contribution in [2.24, 2.45) is 5.92 Å². The molecule has 2 aromatic heterocycles. The number of hydrogen-bond donors (Lipinski definition) is 3. The summed E-state index contributed by atoms with van der Waals surface area (Å²) >= 11 is 4.70. The lowest BCUT2D eigenvalue weighted by Crippen LogP contribution is -2.35. The van der Waals surface area contributed by atoms with Crippen LogP contribution in [0.4, 0.5) is 0 Å². The lowest BCUT2D eigenvalue weighted by molar-refractivity contribution is 0.209. The van der Waals surface area contributed by atoms with Gasteiger partial charge in [0.25, 0.3) is 0 Å². The summed E-state index contributed by atoms with van der Waals surface area (Å²) in [5.74, 6) is 1.62. The lowest BCUT2D eigenvalue weighted by Gasteiger charge is -2.29. The van der Waals surface area contributed by atoms with Gasteiger partial charge >= 0.3 is 0 Å². The molecule has 0 amide bonds. The maximum absolute atomic E-state index is 4.70. The Balaban J connectivity index is 1.40. The van der Waals surface area contributed by atoms with Crippen LogP contribution < -0.4 is 0 Å². The number of imidazole rings is 1. The molecule has 3 unspecified atom stereocenters. The Morgan fingerprint density at radius 3 is 2.96 bits per heavy atom. The zero-order valence-corrected chi connectivity index (χ0v) is 13.6. The number of benzene rings is 1. The molecule has 3 atom stereocenters. The van der Waals surface area contributed by atoms with E-state index in [1.165, 1.54) is 24.9 Å². The van der Waals surface area contributed by atoms with Crippen LogP contribution in [-0.2, 0) is 6.54 Å². The van der Waals surface area contributed by atoms with Gasteiger partial charge < -0.3 is 4.98 Å². The highest BCUT2D eigenvalue weighted by molar-refractivity contribution is 7.81. The molecule has 0 radical (unpaired) electrons. The van der Waals surface area contributed by atoms with Crippen LogP contribution in [0.25, 0.3) is 22.6 Å². The van der Waals surface area contributed by atoms with Gasteiger partial charge in [0.1, 0.15) is 5.69 Å². The molecule has 1 aliphatic heterocycles. The van der Waals surface area contributed by atoms with E-state index < -0.39 is 0 Å². The highest BCUT2D eigenvalue weighted by atomic mass is 32.1. The van der Waals surface area contributed by atoms with Crippen molar-refractivity contribution in [3.63, 3.8) is 0 Å². The molecule has 1 aromatic carbocycles. The van der Waals surface area contributed by atoms with Crippen molar-refractivity contribution in [2.75, 3.05) is 6.54 Å². The Morgan fingerprint density at radius 2 is 2.22 bits per heavy atom. The van der Waals surface area contributed by atoms with Gasteiger partial charge in [0, 0.05) is 30.6 Å². The van der Waals surface area contributed by atoms with Gasteiger partial charge in [-0.1, -0.05) is 6.07 Å². The van der Waals surface area contributed by atoms with E-state index in [1.807, 2.05) is 6.07 Å². The van der Waals surface area contributed by atoms with E-state index in [-0.39, 0.29) is 0 Å². The monoisotopic (exact) mass is 325 g/mol. The van der Waals surface area contributed by atoms with E-state index in [4.69, 9.17) is 12.6 Å². The number of likely N-dealkylation sites (tertiary alicyclic amines) is 1. The van der Waals surface area contributed by atoms with Gasteiger partial charge in [-0.05, 0) is 42.5 Å². The minimum absolute atomic E-state index is 0.614. The molecule has 2 aliphatic rings. The second-order valence-corrected chi connectivity index (χ2v) is 7.45. The number of rotatable bonds is 3. The zero-order chi connectivity index (χ0) is 15.4. The fraction of sp³-hybridized carbons (Fsp3) is 0.412. The molecule has 6 heteroatoms. The first-order valence-electron chi connectivity index (χ1n) is 8.17. The second-order valence-electron chi connectivity index (χ2n) is 6.79. The van der Waals surface area contributed by atoms with Crippen LogP contribution in [0, 0.1) is 5.92 Å². The summed E-state index contributed by atoms with van der Waals surface area (Å²) in [6.45, 7) is 2.22. The van der Waals surface area contributed by atoms with Gasteiger partial charge in [-0.15, -0.1) is 0 Å². The molecule has 5 rings (SSSR count). The number of piperidine rings is 1. The van der Waals surface area contributed by atoms with Gasteiger partial charge in [-0.3, -0.25) is 10.00 Å². The summed E-state index contributed by atoms with van der Waals surface area (Å²) in [6, 6.07) is 9.18. The first kappa shape index (κ1) is 13.6. The van der Waals surface area contributed by atoms with Crippen molar-refractivity contribution >= 4 is 23.7 Å². The molecule has 3 heterocycles. The fourth-order valence-corrected chi connectivity index (χ4v) is 4.58. The van der Waals surface area contributed by atoms with Crippen molar-refractivity contribution in [3.8, 4) is 11.5 Å². The van der Waals surface area contributed by atoms with Crippen LogP contribution in [0.15, 0.2) is 30.5 Å². The predicted molar refractivity (Wildman–Crippen MR) is 93.4 cm³/mol. The summed E-state index contributed by atoms with van der Waals surface area (Å²) in [7, 11) is 0. The number of hydrogen-bond acceptors (Lipinski definition) is 4. The molecule has 3 aromatic rings. The van der Waals surface area contributed by atoms with Crippen molar-refractivity contribution < 1.29 is 0 Å². The summed E-state index contributed by atoms with van der Waals surface area (Å²) in [4.78, 5) is 10.6. The average Bonchev–Trinajstić information content (AvgIpc) is 3.30. The van der Waals surface area contributed by atoms with Gasteiger partial charge in [0.05, 0.1) is 11.0 Å². The number of fused-ring (bicyclic) bond motifs is 3. The Morgan fingerprint density at radius 1 is 1.26 bits per heavy atom. The van der Waals surface area contributed by atoms with Crippen LogP contribution >= 0.6 is 12.6 Å². The zero-order valence-electron chi connectivity index (χ0n) is 12.7. The molecular formula is C17H19N5S. The van der Waals surface area contributed by atoms with Crippen molar-refractivity contribution in [2.45, 2.75) is 30.7 Å². The SMILES string of the molecule is SC1CC2CC1CN2Cc1ccc2nc(-c3ccn[nH]3)[nH]c2c1. The molecule has 1 saturated heterocycles. The first-order chi connectivity index (χ1) is 11.3. The molecule has 2 N–H and O–H groups in total. The van der Waals surface area contributed by atoms with Crippen LogP contribution in [0.3, 0.4) is 0 Å². The second kappa shape index (κ2) is 5.11. The number of H-pyrrole nitrogens is 2. The Labute approximate surface area is 139 Å². The third-order valence-corrected chi connectivity index (χ3v) is 5.94. The topological polar surface area (TPSA) is 60.6 Å². The van der Waals surface area contributed by atoms with Crippen molar-refractivity contribution in [1.82, 2.24) is 25.1 Å². The summed E-state index contributed by atoms with van der Waals surface area (Å²) in [5.41, 5.74) is 4.35. The molecule has 1 aliphatic carbocycles. The largest absolute Gasteiger partial charge is 0.337 e. The number of aromatic nitrogens is 4. The molecule has 5 nitrogen and oxygen atoms in total. The maximum atomic E-state index is 4.70. The third kappa shape index (κ3) is 2.28. The van der Waals surface area contributed by atoms with Crippen molar-refractivity contribution in [1.29, 1.82) is 0 Å². The van der Waals surface area contributed by atoms with Crippen LogP contribution in [0.2, 0.25) is 0 Å². The van der Waals surface area contributed by atoms with E-state index in [0.29, 0.717) is 5.25 Å². The minimum atomic E-state index is 0.614. The standard InChI is InChI=1S/C17H19N5S/c23-16-7-12-6-11(16)9-22(12)8-10-1-2-13-15(5-10)20-17(19-13)14-3-4-18-21-14/h1-5,11-12,16,23H,6-9H2,(H,18,21)(H,19,20). The number of aromatic amines is 2. The highest BCUT2D eigenvalue weighted by Gasteiger charge is 2.42. The Kier molecular flexibility index (Phi) is 3.03. The predicted octanol–water partition coefficient (Wildman–Crippen LogP) is 2.85. The van der Waals surface area contributed by atoms with E-state index in [0.717, 1.165) is 41.1 Å². The van der Waals surface area contributed by atoms with Gasteiger partial charge in [0.2, 0.25) is 0 Å². The minimum Gasteiger partial charge on any atom is -0.337 e. The van der Waals surface area contributed by atoms with E-state index in [2.05, 4.69) is 43.3 Å². The maximum Gasteiger partial charge on any atom is 0.156 e. The molecule has 1 saturated carbocycles. The van der Waals surface area contributed by atoms with E-state index in [1.54, 1.807) is 6.20 Å². The number of thiol groups is 1. The number of nitrogens with one attached hydrogen (secondary N) is 2. The molecule has 118 valence electrons. The van der Waals surface area contributed by atoms with Crippen molar-refractivity contribution in [3.05, 3.63) is 36.0 Å². The van der Waals surface area contributed by atoms with Gasteiger partial charge in [0.15, 0.2) is 5.82 Å². The van der Waals surface area contributed by atoms with E-state index in [9.17, 15) is 0 Å². The first-order valence-corrected chi connectivity index (χ1v) is 8.68. The molecule has 2 fully saturated rings. The summed E-state index contributed by atoms with van der Waals surface area (Å²) in [6.07, 6.45) is 4.31. The smallest absolute Gasteiger partial charge is 0.156 e. The van der Waals surface area contributed by atoms with E-state index >= 15 is 0 Å². The summed E-state index contributed by atoms with van der Waals surface area (Å²) < 4.78 is 0. The Bertz CT molecular complexity index is 838. The molecule has 0 spiro atoms. The van der Waals surface area contributed by atoms with Crippen LogP contribution in [0.1, 0.15) is 18.4 Å². The van der Waals surface area contributed by atoms with Gasteiger partial charge in [-0.2, -0.15) is 17.7 Å². The average molecular weight is 325 g/mol. The number of nitrogens with zero attached hydrogens (tertiary/aromatic N) is 3. The lowest BCUT2D eigenvalue weighted by atomic mass is 10.1. The summed E-state index contributed by atoms with van der Waals surface area (Å²) in [5, 5.41) is 7.55. The fourth-order valence-electron chi connectivity index (χ4n) is 4.12. The molecule has 23 heavy (non-hydrogen) atoms. The molecule has 2 bridgehead atoms. The van der Waals surface area contributed by atoms with Crippen LogP contribution in [-0.4, -0.2) is 42.9 Å². The Hall–Kier alpha value is -1.79. The van der Waals surface area contributed by atoms with Crippen LogP contribution in [0.5, 0.6) is 0 Å². The normalized spacial score (nSPS) is 27.3. The highest BCUT2D eigenvalue weighted by Crippen LogP contribution is 2.41.